The van der Waals surface area contributed by atoms with Gasteiger partial charge in [-0.1, -0.05) is 12.1 Å². The summed E-state index contributed by atoms with van der Waals surface area (Å²) in [6.07, 6.45) is 3.45. The first-order chi connectivity index (χ1) is 13.4. The van der Waals surface area contributed by atoms with Crippen LogP contribution in [0.5, 0.6) is 5.88 Å². The third-order valence-electron chi connectivity index (χ3n) is 3.94. The predicted octanol–water partition coefficient (Wildman–Crippen LogP) is 5.55. The molecule has 0 radical (unpaired) electrons. The van der Waals surface area contributed by atoms with E-state index in [-0.39, 0.29) is 12.0 Å². The summed E-state index contributed by atoms with van der Waals surface area (Å²) in [4.78, 5) is 11.5. The van der Waals surface area contributed by atoms with E-state index >= 15 is 0 Å². The Balaban J connectivity index is 1.78. The number of H-pyrrole nitrogens is 1. The van der Waals surface area contributed by atoms with Crippen LogP contribution >= 0.6 is 23.5 Å². The van der Waals surface area contributed by atoms with Crippen molar-refractivity contribution < 1.29 is 18.7 Å². The first kappa shape index (κ1) is 20.7. The van der Waals surface area contributed by atoms with Crippen molar-refractivity contribution >= 4 is 46.5 Å². The molecule has 0 atom stereocenters. The Hall–Kier alpha value is -1.99. The Kier molecular flexibility index (Phi) is 6.67. The maximum Gasteiger partial charge on any atom is 0.335 e. The van der Waals surface area contributed by atoms with E-state index in [0.29, 0.717) is 30.1 Å². The van der Waals surface area contributed by atoms with Crippen LogP contribution in [0.1, 0.15) is 25.0 Å². The van der Waals surface area contributed by atoms with Crippen molar-refractivity contribution in [3.05, 3.63) is 52.1 Å². The second-order valence-electron chi connectivity index (χ2n) is 5.97. The average Bonchev–Trinajstić information content (AvgIpc) is 2.96. The van der Waals surface area contributed by atoms with Crippen molar-refractivity contribution in [2.75, 3.05) is 13.2 Å². The first-order valence-corrected chi connectivity index (χ1v) is 11.3. The standard InChI is InChI=1S/C19H21BrN3O4P/c1-3-26-28(25,27-4-2)12-13-5-7-15(8-6-13)21-11-17-16-9-14(20)10-22-18(16)23-19(17)24/h5-11,24H,3-4,12H2,1-2H3,(H,22,23). The van der Waals surface area contributed by atoms with Crippen molar-refractivity contribution in [3.8, 4) is 5.88 Å². The molecule has 0 spiro atoms. The summed E-state index contributed by atoms with van der Waals surface area (Å²) in [6.45, 7) is 4.24. The molecule has 0 aliphatic heterocycles. The van der Waals surface area contributed by atoms with Crippen molar-refractivity contribution in [2.45, 2.75) is 20.0 Å². The van der Waals surface area contributed by atoms with Crippen LogP contribution in [0.15, 0.2) is 46.0 Å². The highest BCUT2D eigenvalue weighted by Crippen LogP contribution is 2.51. The van der Waals surface area contributed by atoms with Gasteiger partial charge in [0.05, 0.1) is 30.6 Å². The van der Waals surface area contributed by atoms with Crippen LogP contribution in [-0.2, 0) is 19.8 Å². The molecule has 28 heavy (non-hydrogen) atoms. The molecular formula is C19H21BrN3O4P. The molecule has 2 aromatic heterocycles. The number of nitrogens with one attached hydrogen (secondary N) is 1. The molecule has 2 heterocycles. The minimum absolute atomic E-state index is 0.00957. The molecule has 0 fully saturated rings. The molecule has 148 valence electrons. The number of halogens is 1. The highest BCUT2D eigenvalue weighted by molar-refractivity contribution is 9.10. The van der Waals surface area contributed by atoms with Crippen LogP contribution in [-0.4, -0.2) is 34.5 Å². The van der Waals surface area contributed by atoms with Gasteiger partial charge < -0.3 is 19.1 Å². The second-order valence-corrected chi connectivity index (χ2v) is 8.94. The maximum atomic E-state index is 12.6. The zero-order valence-electron chi connectivity index (χ0n) is 15.6. The third-order valence-corrected chi connectivity index (χ3v) is 6.43. The quantitative estimate of drug-likeness (QED) is 0.335. The SMILES string of the molecule is CCOP(=O)(Cc1ccc(N=Cc2c(O)[nH]c3ncc(Br)cc23)cc1)OCC. The van der Waals surface area contributed by atoms with Gasteiger partial charge in [0, 0.05) is 22.3 Å². The highest BCUT2D eigenvalue weighted by atomic mass is 79.9. The zero-order chi connectivity index (χ0) is 20.1. The van der Waals surface area contributed by atoms with Gasteiger partial charge in [0.1, 0.15) is 5.65 Å². The maximum absolute atomic E-state index is 12.6. The van der Waals surface area contributed by atoms with Crippen LogP contribution in [0.3, 0.4) is 0 Å². The van der Waals surface area contributed by atoms with E-state index in [0.717, 1.165) is 15.4 Å². The number of benzene rings is 1. The van der Waals surface area contributed by atoms with Crippen LogP contribution in [0.2, 0.25) is 0 Å². The Morgan fingerprint density at radius 2 is 1.93 bits per heavy atom. The van der Waals surface area contributed by atoms with Crippen molar-refractivity contribution in [3.63, 3.8) is 0 Å². The molecule has 0 saturated carbocycles. The van der Waals surface area contributed by atoms with Crippen LogP contribution in [0.25, 0.3) is 11.0 Å². The van der Waals surface area contributed by atoms with Crippen LogP contribution in [0, 0.1) is 0 Å². The van der Waals surface area contributed by atoms with Crippen LogP contribution in [0.4, 0.5) is 5.69 Å². The molecule has 3 rings (SSSR count). The molecule has 0 bridgehead atoms. The number of aromatic hydroxyl groups is 1. The van der Waals surface area contributed by atoms with Gasteiger partial charge in [-0.2, -0.15) is 0 Å². The Morgan fingerprint density at radius 3 is 2.57 bits per heavy atom. The normalized spacial score (nSPS) is 12.2. The average molecular weight is 466 g/mol. The Labute approximate surface area is 171 Å². The lowest BCUT2D eigenvalue weighted by Crippen LogP contribution is -1.98. The topological polar surface area (TPSA) is 96.8 Å². The molecule has 3 aromatic rings. The number of hydrogen-bond acceptors (Lipinski definition) is 6. The first-order valence-electron chi connectivity index (χ1n) is 8.81. The number of aliphatic imine (C=N–C) groups is 1. The summed E-state index contributed by atoms with van der Waals surface area (Å²) in [5, 5.41) is 10.9. The number of aromatic nitrogens is 2. The van der Waals surface area contributed by atoms with E-state index in [4.69, 9.17) is 9.05 Å². The largest absolute Gasteiger partial charge is 0.494 e. The minimum Gasteiger partial charge on any atom is -0.494 e. The van der Waals surface area contributed by atoms with Gasteiger partial charge in [-0.05, 0) is 53.5 Å². The van der Waals surface area contributed by atoms with Gasteiger partial charge in [-0.25, -0.2) is 4.98 Å². The van der Waals surface area contributed by atoms with E-state index in [2.05, 4.69) is 30.9 Å². The molecule has 2 N–H and O–H groups in total. The summed E-state index contributed by atoms with van der Waals surface area (Å²) >= 11 is 3.38. The number of fused-ring (bicyclic) bond motifs is 1. The smallest absolute Gasteiger partial charge is 0.335 e. The Morgan fingerprint density at radius 1 is 1.25 bits per heavy atom. The monoisotopic (exact) mass is 465 g/mol. The predicted molar refractivity (Wildman–Crippen MR) is 114 cm³/mol. The minimum atomic E-state index is -3.14. The summed E-state index contributed by atoms with van der Waals surface area (Å²) in [5.74, 6) is 0.00957. The number of aromatic amines is 1. The van der Waals surface area contributed by atoms with Gasteiger partial charge in [-0.15, -0.1) is 0 Å². The van der Waals surface area contributed by atoms with Crippen molar-refractivity contribution in [1.82, 2.24) is 9.97 Å². The van der Waals surface area contributed by atoms with E-state index in [9.17, 15) is 9.67 Å². The molecule has 1 aromatic carbocycles. The summed E-state index contributed by atoms with van der Waals surface area (Å²) in [6, 6.07) is 9.17. The van der Waals surface area contributed by atoms with Gasteiger partial charge in [0.25, 0.3) is 0 Å². The number of hydrogen-bond donors (Lipinski definition) is 2. The molecule has 0 amide bonds. The van der Waals surface area contributed by atoms with E-state index in [1.54, 1.807) is 26.3 Å². The van der Waals surface area contributed by atoms with Gasteiger partial charge in [-0.3, -0.25) is 9.56 Å². The highest BCUT2D eigenvalue weighted by Gasteiger charge is 2.23. The molecular weight excluding hydrogens is 445 g/mol. The van der Waals surface area contributed by atoms with E-state index < -0.39 is 7.60 Å². The zero-order valence-corrected chi connectivity index (χ0v) is 18.0. The molecule has 0 unspecified atom stereocenters. The van der Waals surface area contributed by atoms with Gasteiger partial charge in [0.2, 0.25) is 0 Å². The molecule has 0 saturated heterocycles. The lowest BCUT2D eigenvalue weighted by atomic mass is 10.2. The molecule has 7 nitrogen and oxygen atoms in total. The van der Waals surface area contributed by atoms with Crippen LogP contribution < -0.4 is 0 Å². The fourth-order valence-electron chi connectivity index (χ4n) is 2.75. The summed E-state index contributed by atoms with van der Waals surface area (Å²) < 4.78 is 24.1. The fraction of sp³-hybridized carbons (Fsp3) is 0.263. The fourth-order valence-corrected chi connectivity index (χ4v) is 4.79. The Bertz CT molecular complexity index is 1020. The lowest BCUT2D eigenvalue weighted by Gasteiger charge is -2.16. The van der Waals surface area contributed by atoms with Crippen molar-refractivity contribution in [1.29, 1.82) is 0 Å². The van der Waals surface area contributed by atoms with Crippen molar-refractivity contribution in [2.24, 2.45) is 4.99 Å². The van der Waals surface area contributed by atoms with Gasteiger partial charge in [0.15, 0.2) is 5.88 Å². The third kappa shape index (κ3) is 4.89. The summed E-state index contributed by atoms with van der Waals surface area (Å²) in [7, 11) is -3.14. The van der Waals surface area contributed by atoms with E-state index in [1.807, 2.05) is 30.3 Å². The van der Waals surface area contributed by atoms with E-state index in [1.165, 1.54) is 0 Å². The van der Waals surface area contributed by atoms with Gasteiger partial charge >= 0.3 is 7.60 Å². The lowest BCUT2D eigenvalue weighted by molar-refractivity contribution is 0.219. The second kappa shape index (κ2) is 9.01. The molecule has 0 aliphatic carbocycles. The molecule has 9 heteroatoms. The number of nitrogens with zero attached hydrogens (tertiary/aromatic N) is 2. The summed E-state index contributed by atoms with van der Waals surface area (Å²) in [5.41, 5.74) is 2.68. The molecule has 0 aliphatic rings. The number of rotatable bonds is 8. The number of pyridine rings is 1.